The molecule has 0 amide bonds. The van der Waals surface area contributed by atoms with Crippen molar-refractivity contribution in [3.63, 3.8) is 0 Å². The van der Waals surface area contributed by atoms with Gasteiger partial charge in [-0.2, -0.15) is 4.98 Å². The summed E-state index contributed by atoms with van der Waals surface area (Å²) in [5.74, 6) is 0.695. The number of hydrogen-bond donors (Lipinski definition) is 1. The minimum atomic E-state index is 0.190. The number of rotatable bonds is 2. The third kappa shape index (κ3) is 1.63. The molecule has 1 aliphatic rings. The summed E-state index contributed by atoms with van der Waals surface area (Å²) in [6.45, 7) is 0.649. The van der Waals surface area contributed by atoms with E-state index in [-0.39, 0.29) is 6.04 Å². The van der Waals surface area contributed by atoms with E-state index in [4.69, 9.17) is 10.3 Å². The summed E-state index contributed by atoms with van der Waals surface area (Å²) in [5.41, 5.74) is 8.71. The van der Waals surface area contributed by atoms with E-state index in [9.17, 15) is 0 Å². The van der Waals surface area contributed by atoms with Gasteiger partial charge in [0.1, 0.15) is 0 Å². The molecule has 2 heterocycles. The molecule has 0 aliphatic heterocycles. The summed E-state index contributed by atoms with van der Waals surface area (Å²) < 4.78 is 6.79. The number of fused-ring (bicyclic) bond motifs is 1. The maximum Gasteiger partial charge on any atom is 0.213 e. The lowest BCUT2D eigenvalue weighted by atomic mass is 9.92. The predicted octanol–water partition coefficient (Wildman–Crippen LogP) is 1.26. The molecule has 5 heteroatoms. The third-order valence-electron chi connectivity index (χ3n) is 3.09. The highest BCUT2D eigenvalue weighted by atomic mass is 16.5. The van der Waals surface area contributed by atoms with Crippen LogP contribution in [0, 0.1) is 0 Å². The molecule has 0 bridgehead atoms. The quantitative estimate of drug-likeness (QED) is 0.823. The topological polar surface area (TPSA) is 69.9 Å². The second-order valence-electron chi connectivity index (χ2n) is 4.26. The zero-order valence-electron chi connectivity index (χ0n) is 8.97. The van der Waals surface area contributed by atoms with Crippen molar-refractivity contribution in [1.29, 1.82) is 0 Å². The Morgan fingerprint density at radius 3 is 3.19 bits per heavy atom. The maximum atomic E-state index is 6.07. The zero-order chi connectivity index (χ0) is 11.0. The van der Waals surface area contributed by atoms with Crippen molar-refractivity contribution in [1.82, 2.24) is 14.7 Å². The Bertz CT molecular complexity index is 474. The van der Waals surface area contributed by atoms with Gasteiger partial charge in [0.2, 0.25) is 6.39 Å². The number of aryl methyl sites for hydroxylation is 1. The lowest BCUT2D eigenvalue weighted by Gasteiger charge is -2.17. The minimum absolute atomic E-state index is 0.190. The van der Waals surface area contributed by atoms with Gasteiger partial charge in [-0.25, -0.2) is 0 Å². The van der Waals surface area contributed by atoms with Crippen LogP contribution in [-0.2, 0) is 13.0 Å². The molecule has 0 radical (unpaired) electrons. The first-order chi connectivity index (χ1) is 7.83. The SMILES string of the molecule is NC1CCCc2cn(Cc3ncon3)cc21. The number of aromatic nitrogens is 3. The monoisotopic (exact) mass is 218 g/mol. The highest BCUT2D eigenvalue weighted by Gasteiger charge is 2.18. The Kier molecular flexibility index (Phi) is 2.25. The van der Waals surface area contributed by atoms with E-state index in [0.29, 0.717) is 12.4 Å². The molecule has 2 N–H and O–H groups in total. The lowest BCUT2D eigenvalue weighted by Crippen LogP contribution is -2.15. The molecule has 5 nitrogen and oxygen atoms in total. The summed E-state index contributed by atoms with van der Waals surface area (Å²) >= 11 is 0. The van der Waals surface area contributed by atoms with E-state index in [1.54, 1.807) is 0 Å². The summed E-state index contributed by atoms with van der Waals surface area (Å²) in [6.07, 6.45) is 8.99. The Hall–Kier alpha value is -1.62. The lowest BCUT2D eigenvalue weighted by molar-refractivity contribution is 0.408. The Morgan fingerprint density at radius 2 is 2.44 bits per heavy atom. The van der Waals surface area contributed by atoms with Gasteiger partial charge in [-0.05, 0) is 30.4 Å². The van der Waals surface area contributed by atoms with E-state index in [2.05, 4.69) is 27.1 Å². The average molecular weight is 218 g/mol. The predicted molar refractivity (Wildman–Crippen MR) is 57.7 cm³/mol. The van der Waals surface area contributed by atoms with Gasteiger partial charge in [-0.3, -0.25) is 0 Å². The smallest absolute Gasteiger partial charge is 0.213 e. The third-order valence-corrected chi connectivity index (χ3v) is 3.09. The second-order valence-corrected chi connectivity index (χ2v) is 4.26. The molecule has 0 aromatic carbocycles. The highest BCUT2D eigenvalue weighted by molar-refractivity contribution is 5.30. The van der Waals surface area contributed by atoms with Crippen LogP contribution in [0.1, 0.15) is 35.8 Å². The summed E-state index contributed by atoms with van der Waals surface area (Å²) in [5, 5.41) is 3.80. The minimum Gasteiger partial charge on any atom is -0.346 e. The van der Waals surface area contributed by atoms with Crippen molar-refractivity contribution in [3.05, 3.63) is 35.7 Å². The van der Waals surface area contributed by atoms with Crippen LogP contribution in [0.2, 0.25) is 0 Å². The van der Waals surface area contributed by atoms with E-state index in [0.717, 1.165) is 12.8 Å². The van der Waals surface area contributed by atoms with E-state index < -0.39 is 0 Å². The molecule has 3 rings (SSSR count). The molecule has 2 aromatic heterocycles. The normalized spacial score (nSPS) is 19.7. The number of nitrogens with zero attached hydrogens (tertiary/aromatic N) is 3. The summed E-state index contributed by atoms with van der Waals surface area (Å²) in [7, 11) is 0. The van der Waals surface area contributed by atoms with Crippen LogP contribution in [0.25, 0.3) is 0 Å². The van der Waals surface area contributed by atoms with Crippen LogP contribution in [0.3, 0.4) is 0 Å². The van der Waals surface area contributed by atoms with Crippen LogP contribution in [0.15, 0.2) is 23.3 Å². The van der Waals surface area contributed by atoms with Crippen molar-refractivity contribution < 1.29 is 4.52 Å². The van der Waals surface area contributed by atoms with E-state index in [1.165, 1.54) is 23.9 Å². The van der Waals surface area contributed by atoms with E-state index >= 15 is 0 Å². The Labute approximate surface area is 93.3 Å². The largest absolute Gasteiger partial charge is 0.346 e. The fourth-order valence-electron chi connectivity index (χ4n) is 2.30. The Morgan fingerprint density at radius 1 is 1.50 bits per heavy atom. The van der Waals surface area contributed by atoms with Gasteiger partial charge in [0, 0.05) is 18.4 Å². The summed E-state index contributed by atoms with van der Waals surface area (Å²) in [6, 6.07) is 0.190. The van der Waals surface area contributed by atoms with E-state index in [1.807, 2.05) is 0 Å². The molecular weight excluding hydrogens is 204 g/mol. The highest BCUT2D eigenvalue weighted by Crippen LogP contribution is 2.28. The number of hydrogen-bond acceptors (Lipinski definition) is 4. The van der Waals surface area contributed by atoms with Gasteiger partial charge in [0.05, 0.1) is 6.54 Å². The van der Waals surface area contributed by atoms with Crippen LogP contribution < -0.4 is 5.73 Å². The molecule has 84 valence electrons. The molecule has 0 spiro atoms. The van der Waals surface area contributed by atoms with Gasteiger partial charge >= 0.3 is 0 Å². The van der Waals surface area contributed by atoms with Crippen molar-refractivity contribution in [3.8, 4) is 0 Å². The first-order valence-corrected chi connectivity index (χ1v) is 5.52. The molecule has 1 atom stereocenters. The van der Waals surface area contributed by atoms with Gasteiger partial charge in [-0.1, -0.05) is 5.16 Å². The van der Waals surface area contributed by atoms with Crippen molar-refractivity contribution in [2.24, 2.45) is 5.73 Å². The molecule has 0 fully saturated rings. The second kappa shape index (κ2) is 3.75. The molecule has 2 aromatic rings. The van der Waals surface area contributed by atoms with Crippen molar-refractivity contribution >= 4 is 0 Å². The molecule has 1 unspecified atom stereocenters. The fraction of sp³-hybridized carbons (Fsp3) is 0.455. The van der Waals surface area contributed by atoms with Crippen LogP contribution >= 0.6 is 0 Å². The molecule has 0 saturated carbocycles. The molecule has 16 heavy (non-hydrogen) atoms. The van der Waals surface area contributed by atoms with Crippen LogP contribution in [0.4, 0.5) is 0 Å². The van der Waals surface area contributed by atoms with Gasteiger partial charge in [0.25, 0.3) is 0 Å². The van der Waals surface area contributed by atoms with Crippen molar-refractivity contribution in [2.45, 2.75) is 31.8 Å². The molecule has 1 aliphatic carbocycles. The maximum absolute atomic E-state index is 6.07. The molecular formula is C11H14N4O. The summed E-state index contributed by atoms with van der Waals surface area (Å²) in [4.78, 5) is 4.01. The molecule has 0 saturated heterocycles. The standard InChI is InChI=1S/C11H14N4O/c12-10-3-1-2-8-4-15(5-9(8)10)6-11-13-7-16-14-11/h4-5,7,10H,1-3,6,12H2. The number of nitrogens with two attached hydrogens (primary N) is 1. The zero-order valence-corrected chi connectivity index (χ0v) is 8.97. The first-order valence-electron chi connectivity index (χ1n) is 5.52. The first kappa shape index (κ1) is 9.59. The van der Waals surface area contributed by atoms with Crippen molar-refractivity contribution in [2.75, 3.05) is 0 Å². The van der Waals surface area contributed by atoms with Gasteiger partial charge in [-0.15, -0.1) is 0 Å². The van der Waals surface area contributed by atoms with Crippen LogP contribution in [-0.4, -0.2) is 14.7 Å². The van der Waals surface area contributed by atoms with Gasteiger partial charge < -0.3 is 14.8 Å². The average Bonchev–Trinajstić information content (AvgIpc) is 2.88. The van der Waals surface area contributed by atoms with Gasteiger partial charge in [0.15, 0.2) is 5.82 Å². The Balaban J connectivity index is 1.87. The van der Waals surface area contributed by atoms with Crippen LogP contribution in [0.5, 0.6) is 0 Å². The fourth-order valence-corrected chi connectivity index (χ4v) is 2.30.